The van der Waals surface area contributed by atoms with Crippen LogP contribution in [0.3, 0.4) is 0 Å². The SMILES string of the molecule is NC1CCC(NS(=O)(=O)c2cccc(S(=O)(=O)NC3CC3)c2)CC1. The lowest BCUT2D eigenvalue weighted by molar-refractivity contribution is 0.373. The van der Waals surface area contributed by atoms with E-state index in [1.165, 1.54) is 24.3 Å². The van der Waals surface area contributed by atoms with Gasteiger partial charge in [0.15, 0.2) is 0 Å². The van der Waals surface area contributed by atoms with Gasteiger partial charge in [0.1, 0.15) is 0 Å². The van der Waals surface area contributed by atoms with Crippen LogP contribution < -0.4 is 15.2 Å². The molecule has 0 aliphatic heterocycles. The number of benzene rings is 1. The minimum atomic E-state index is -3.76. The first-order chi connectivity index (χ1) is 11.3. The molecule has 2 aliphatic carbocycles. The van der Waals surface area contributed by atoms with E-state index in [4.69, 9.17) is 5.73 Å². The van der Waals surface area contributed by atoms with Crippen LogP contribution in [-0.4, -0.2) is 35.0 Å². The second-order valence-corrected chi connectivity index (χ2v) is 10.0. The van der Waals surface area contributed by atoms with Crippen molar-refractivity contribution in [2.75, 3.05) is 0 Å². The Kier molecular flexibility index (Phi) is 4.99. The third kappa shape index (κ3) is 4.34. The molecule has 0 heterocycles. The molecule has 0 amide bonds. The van der Waals surface area contributed by atoms with Gasteiger partial charge in [-0.05, 0) is 56.7 Å². The summed E-state index contributed by atoms with van der Waals surface area (Å²) >= 11 is 0. The van der Waals surface area contributed by atoms with Crippen molar-refractivity contribution in [1.29, 1.82) is 0 Å². The zero-order chi connectivity index (χ0) is 17.4. The second kappa shape index (κ2) is 6.72. The van der Waals surface area contributed by atoms with Crippen molar-refractivity contribution in [2.45, 2.75) is 66.4 Å². The molecule has 134 valence electrons. The van der Waals surface area contributed by atoms with Gasteiger partial charge in [0.25, 0.3) is 0 Å². The Labute approximate surface area is 143 Å². The first kappa shape index (κ1) is 17.8. The number of nitrogens with two attached hydrogens (primary N) is 1. The molecule has 0 radical (unpaired) electrons. The van der Waals surface area contributed by atoms with Crippen LogP contribution in [0.2, 0.25) is 0 Å². The van der Waals surface area contributed by atoms with Gasteiger partial charge in [0, 0.05) is 18.1 Å². The quantitative estimate of drug-likeness (QED) is 0.677. The molecule has 0 atom stereocenters. The van der Waals surface area contributed by atoms with Crippen LogP contribution in [0.25, 0.3) is 0 Å². The van der Waals surface area contributed by atoms with Crippen molar-refractivity contribution in [1.82, 2.24) is 9.44 Å². The highest BCUT2D eigenvalue weighted by atomic mass is 32.2. The zero-order valence-electron chi connectivity index (χ0n) is 13.3. The van der Waals surface area contributed by atoms with E-state index in [-0.39, 0.29) is 27.9 Å². The van der Waals surface area contributed by atoms with Gasteiger partial charge in [-0.1, -0.05) is 6.07 Å². The Balaban J connectivity index is 1.77. The van der Waals surface area contributed by atoms with Gasteiger partial charge in [-0.2, -0.15) is 0 Å². The fraction of sp³-hybridized carbons (Fsp3) is 0.600. The Morgan fingerprint density at radius 2 is 1.21 bits per heavy atom. The Morgan fingerprint density at radius 1 is 0.792 bits per heavy atom. The Hall–Kier alpha value is -1.00. The topological polar surface area (TPSA) is 118 Å². The summed E-state index contributed by atoms with van der Waals surface area (Å²) in [6.45, 7) is 0. The minimum absolute atomic E-state index is 0.0251. The van der Waals surface area contributed by atoms with Crippen molar-refractivity contribution >= 4 is 20.0 Å². The predicted molar refractivity (Wildman–Crippen MR) is 90.3 cm³/mol. The van der Waals surface area contributed by atoms with Crippen molar-refractivity contribution in [3.8, 4) is 0 Å². The van der Waals surface area contributed by atoms with Crippen LogP contribution in [0, 0.1) is 0 Å². The maximum atomic E-state index is 12.5. The van der Waals surface area contributed by atoms with E-state index in [0.29, 0.717) is 12.8 Å². The number of hydrogen-bond donors (Lipinski definition) is 3. The van der Waals surface area contributed by atoms with Crippen molar-refractivity contribution in [3.63, 3.8) is 0 Å². The van der Waals surface area contributed by atoms with Gasteiger partial charge >= 0.3 is 0 Å². The average Bonchev–Trinajstić information content (AvgIpc) is 3.33. The van der Waals surface area contributed by atoms with Crippen LogP contribution in [0.5, 0.6) is 0 Å². The van der Waals surface area contributed by atoms with Crippen LogP contribution in [-0.2, 0) is 20.0 Å². The van der Waals surface area contributed by atoms with E-state index in [1.54, 1.807) is 0 Å². The molecule has 3 rings (SSSR count). The van der Waals surface area contributed by atoms with Gasteiger partial charge in [-0.3, -0.25) is 0 Å². The highest BCUT2D eigenvalue weighted by Crippen LogP contribution is 2.24. The Morgan fingerprint density at radius 3 is 1.62 bits per heavy atom. The van der Waals surface area contributed by atoms with E-state index in [2.05, 4.69) is 9.44 Å². The van der Waals surface area contributed by atoms with Crippen LogP contribution in [0.4, 0.5) is 0 Å². The van der Waals surface area contributed by atoms with E-state index < -0.39 is 20.0 Å². The maximum absolute atomic E-state index is 12.5. The van der Waals surface area contributed by atoms with Crippen LogP contribution in [0.15, 0.2) is 34.1 Å². The molecule has 1 aromatic carbocycles. The predicted octanol–water partition coefficient (Wildman–Crippen LogP) is 0.675. The lowest BCUT2D eigenvalue weighted by Crippen LogP contribution is -2.40. The van der Waals surface area contributed by atoms with Crippen molar-refractivity contribution in [2.24, 2.45) is 5.73 Å². The third-order valence-corrected chi connectivity index (χ3v) is 7.46. The molecule has 0 bridgehead atoms. The fourth-order valence-electron chi connectivity index (χ4n) is 2.82. The van der Waals surface area contributed by atoms with E-state index in [9.17, 15) is 16.8 Å². The molecule has 0 aromatic heterocycles. The molecule has 0 unspecified atom stereocenters. The minimum Gasteiger partial charge on any atom is -0.328 e. The molecule has 2 saturated carbocycles. The lowest BCUT2D eigenvalue weighted by Gasteiger charge is -2.26. The normalized spacial score (nSPS) is 25.5. The summed E-state index contributed by atoms with van der Waals surface area (Å²) in [6.07, 6.45) is 4.61. The molecular formula is C15H23N3O4S2. The van der Waals surface area contributed by atoms with Gasteiger partial charge < -0.3 is 5.73 Å². The lowest BCUT2D eigenvalue weighted by atomic mass is 9.93. The number of rotatable bonds is 6. The van der Waals surface area contributed by atoms with Gasteiger partial charge in [-0.25, -0.2) is 26.3 Å². The average molecular weight is 374 g/mol. The number of nitrogens with one attached hydrogen (secondary N) is 2. The van der Waals surface area contributed by atoms with Gasteiger partial charge in [0.2, 0.25) is 20.0 Å². The molecule has 2 fully saturated rings. The summed E-state index contributed by atoms with van der Waals surface area (Å²) in [7, 11) is -7.43. The summed E-state index contributed by atoms with van der Waals surface area (Å²) < 4.78 is 54.8. The molecule has 4 N–H and O–H groups in total. The fourth-order valence-corrected chi connectivity index (χ4v) is 5.60. The standard InChI is InChI=1S/C15H23N3O4S2/c16-11-4-6-12(7-5-11)17-23(19,20)14-2-1-3-15(10-14)24(21,22)18-13-8-9-13/h1-3,10-13,17-18H,4-9,16H2. The molecule has 0 spiro atoms. The maximum Gasteiger partial charge on any atom is 0.240 e. The molecule has 24 heavy (non-hydrogen) atoms. The highest BCUT2D eigenvalue weighted by Gasteiger charge is 2.29. The molecule has 7 nitrogen and oxygen atoms in total. The van der Waals surface area contributed by atoms with Crippen LogP contribution >= 0.6 is 0 Å². The number of sulfonamides is 2. The van der Waals surface area contributed by atoms with Crippen molar-refractivity contribution in [3.05, 3.63) is 24.3 Å². The molecule has 1 aromatic rings. The van der Waals surface area contributed by atoms with E-state index >= 15 is 0 Å². The number of hydrogen-bond acceptors (Lipinski definition) is 5. The highest BCUT2D eigenvalue weighted by molar-refractivity contribution is 7.90. The third-order valence-electron chi connectivity index (χ3n) is 4.42. The smallest absolute Gasteiger partial charge is 0.240 e. The first-order valence-corrected chi connectivity index (χ1v) is 11.1. The van der Waals surface area contributed by atoms with E-state index in [0.717, 1.165) is 25.7 Å². The molecule has 9 heteroatoms. The summed E-state index contributed by atoms with van der Waals surface area (Å²) in [4.78, 5) is -0.0565. The summed E-state index contributed by atoms with van der Waals surface area (Å²) in [5.74, 6) is 0. The van der Waals surface area contributed by atoms with Crippen molar-refractivity contribution < 1.29 is 16.8 Å². The molecule has 2 aliphatic rings. The second-order valence-electron chi connectivity index (χ2n) is 6.60. The summed E-state index contributed by atoms with van der Waals surface area (Å²) in [6, 6.07) is 5.43. The van der Waals surface area contributed by atoms with E-state index in [1.807, 2.05) is 0 Å². The largest absolute Gasteiger partial charge is 0.328 e. The van der Waals surface area contributed by atoms with Gasteiger partial charge in [-0.15, -0.1) is 0 Å². The monoisotopic (exact) mass is 373 g/mol. The molecule has 0 saturated heterocycles. The van der Waals surface area contributed by atoms with Crippen LogP contribution in [0.1, 0.15) is 38.5 Å². The Bertz CT molecular complexity index is 796. The first-order valence-electron chi connectivity index (χ1n) is 8.16. The summed E-state index contributed by atoms with van der Waals surface area (Å²) in [5, 5.41) is 0. The molecular weight excluding hydrogens is 350 g/mol. The zero-order valence-corrected chi connectivity index (χ0v) is 14.9. The summed E-state index contributed by atoms with van der Waals surface area (Å²) in [5.41, 5.74) is 5.83. The van der Waals surface area contributed by atoms with Gasteiger partial charge in [0.05, 0.1) is 9.79 Å².